The summed E-state index contributed by atoms with van der Waals surface area (Å²) >= 11 is 0. The number of hydrogen-bond donors (Lipinski definition) is 0. The first-order chi connectivity index (χ1) is 9.28. The van der Waals surface area contributed by atoms with Crippen molar-refractivity contribution in [3.8, 4) is 11.5 Å². The average Bonchev–Trinajstić information content (AvgIpc) is 2.76. The highest BCUT2D eigenvalue weighted by atomic mass is 16.5. The van der Waals surface area contributed by atoms with Gasteiger partial charge >= 0.3 is 0 Å². The van der Waals surface area contributed by atoms with E-state index in [1.165, 1.54) is 0 Å². The third-order valence-corrected chi connectivity index (χ3v) is 3.28. The first-order valence-corrected chi connectivity index (χ1v) is 6.21. The molecule has 1 aliphatic heterocycles. The second-order valence-electron chi connectivity index (χ2n) is 4.52. The van der Waals surface area contributed by atoms with Crippen LogP contribution in [-0.4, -0.2) is 19.0 Å². The third kappa shape index (κ3) is 2.19. The van der Waals surface area contributed by atoms with Crippen molar-refractivity contribution in [3.05, 3.63) is 59.7 Å². The van der Waals surface area contributed by atoms with E-state index in [-0.39, 0.29) is 5.78 Å². The molecule has 19 heavy (non-hydrogen) atoms. The molecule has 1 atom stereocenters. The number of carbonyl (C=O) groups is 1. The Hall–Kier alpha value is -2.29. The maximum Gasteiger partial charge on any atom is 0.207 e. The van der Waals surface area contributed by atoms with Gasteiger partial charge in [-0.3, -0.25) is 4.79 Å². The second-order valence-corrected chi connectivity index (χ2v) is 4.52. The summed E-state index contributed by atoms with van der Waals surface area (Å²) in [6.07, 6.45) is 0.168. The molecule has 2 aromatic carbocycles. The Labute approximate surface area is 111 Å². The molecule has 0 amide bonds. The van der Waals surface area contributed by atoms with Crippen LogP contribution in [0.3, 0.4) is 0 Å². The van der Waals surface area contributed by atoms with Gasteiger partial charge in [0.05, 0.1) is 12.7 Å². The predicted octanol–water partition coefficient (Wildman–Crippen LogP) is 2.88. The first-order valence-electron chi connectivity index (χ1n) is 6.21. The van der Waals surface area contributed by atoms with Gasteiger partial charge in [0.2, 0.25) is 5.78 Å². The zero-order valence-corrected chi connectivity index (χ0v) is 10.6. The molecule has 0 spiro atoms. The highest BCUT2D eigenvalue weighted by Crippen LogP contribution is 2.33. The van der Waals surface area contributed by atoms with Crippen LogP contribution >= 0.6 is 0 Å². The molecule has 3 heteroatoms. The Morgan fingerprint density at radius 3 is 2.68 bits per heavy atom. The van der Waals surface area contributed by atoms with Crippen LogP contribution in [0.5, 0.6) is 11.5 Å². The standard InChI is InChI=1S/C16H14O3/c1-18-12-7-8-13-14(10-12)19-15(16(13)17)9-11-5-3-2-4-6-11/h2-8,10,15H,9H2,1H3. The van der Waals surface area contributed by atoms with Gasteiger partial charge in [0.15, 0.2) is 6.10 Å². The number of benzene rings is 2. The minimum Gasteiger partial charge on any atom is -0.497 e. The molecule has 0 bridgehead atoms. The van der Waals surface area contributed by atoms with E-state index < -0.39 is 6.10 Å². The lowest BCUT2D eigenvalue weighted by atomic mass is 10.0. The Morgan fingerprint density at radius 2 is 1.95 bits per heavy atom. The van der Waals surface area contributed by atoms with Crippen LogP contribution in [0.1, 0.15) is 15.9 Å². The highest BCUT2D eigenvalue weighted by molar-refractivity contribution is 6.04. The average molecular weight is 254 g/mol. The molecule has 0 aromatic heterocycles. The molecule has 3 rings (SSSR count). The predicted molar refractivity (Wildman–Crippen MR) is 71.9 cm³/mol. The van der Waals surface area contributed by atoms with E-state index in [0.717, 1.165) is 5.56 Å². The number of ketones is 1. The molecule has 1 heterocycles. The quantitative estimate of drug-likeness (QED) is 0.844. The van der Waals surface area contributed by atoms with Crippen molar-refractivity contribution in [3.63, 3.8) is 0 Å². The normalized spacial score (nSPS) is 16.9. The van der Waals surface area contributed by atoms with E-state index >= 15 is 0 Å². The van der Waals surface area contributed by atoms with Crippen molar-refractivity contribution in [1.82, 2.24) is 0 Å². The van der Waals surface area contributed by atoms with E-state index in [1.54, 1.807) is 25.3 Å². The third-order valence-electron chi connectivity index (χ3n) is 3.28. The Balaban J connectivity index is 1.83. The van der Waals surface area contributed by atoms with E-state index in [1.807, 2.05) is 30.3 Å². The van der Waals surface area contributed by atoms with Crippen molar-refractivity contribution in [2.45, 2.75) is 12.5 Å². The molecule has 0 N–H and O–H groups in total. The lowest BCUT2D eigenvalue weighted by Gasteiger charge is -2.09. The SMILES string of the molecule is COc1ccc2c(c1)OC(Cc1ccccc1)C2=O. The maximum absolute atomic E-state index is 12.2. The lowest BCUT2D eigenvalue weighted by molar-refractivity contribution is 0.0857. The van der Waals surface area contributed by atoms with Crippen LogP contribution in [0, 0.1) is 0 Å². The summed E-state index contributed by atoms with van der Waals surface area (Å²) in [6, 6.07) is 15.2. The van der Waals surface area contributed by atoms with Crippen molar-refractivity contribution in [2.24, 2.45) is 0 Å². The first kappa shape index (κ1) is 11.8. The fourth-order valence-corrected chi connectivity index (χ4v) is 2.27. The van der Waals surface area contributed by atoms with Gasteiger partial charge in [-0.05, 0) is 17.7 Å². The number of rotatable bonds is 3. The molecule has 0 fully saturated rings. The molecule has 0 saturated carbocycles. The van der Waals surface area contributed by atoms with Gasteiger partial charge in [0.1, 0.15) is 11.5 Å². The van der Waals surface area contributed by atoms with E-state index in [0.29, 0.717) is 23.5 Å². The zero-order chi connectivity index (χ0) is 13.2. The van der Waals surface area contributed by atoms with Gasteiger partial charge in [-0.25, -0.2) is 0 Å². The number of hydrogen-bond acceptors (Lipinski definition) is 3. The van der Waals surface area contributed by atoms with Crippen LogP contribution < -0.4 is 9.47 Å². The molecule has 0 radical (unpaired) electrons. The monoisotopic (exact) mass is 254 g/mol. The molecule has 3 nitrogen and oxygen atoms in total. The van der Waals surface area contributed by atoms with Gasteiger partial charge in [0.25, 0.3) is 0 Å². The fraction of sp³-hybridized carbons (Fsp3) is 0.188. The highest BCUT2D eigenvalue weighted by Gasteiger charge is 2.32. The van der Waals surface area contributed by atoms with E-state index in [2.05, 4.69) is 0 Å². The molecular weight excluding hydrogens is 240 g/mol. The van der Waals surface area contributed by atoms with Crippen molar-refractivity contribution in [1.29, 1.82) is 0 Å². The molecule has 96 valence electrons. The molecule has 2 aromatic rings. The van der Waals surface area contributed by atoms with E-state index in [4.69, 9.17) is 9.47 Å². The van der Waals surface area contributed by atoms with Crippen molar-refractivity contribution in [2.75, 3.05) is 7.11 Å². The van der Waals surface area contributed by atoms with Gasteiger partial charge in [-0.1, -0.05) is 30.3 Å². The van der Waals surface area contributed by atoms with Gasteiger partial charge in [-0.2, -0.15) is 0 Å². The summed E-state index contributed by atoms with van der Waals surface area (Å²) in [7, 11) is 1.60. The maximum atomic E-state index is 12.2. The van der Waals surface area contributed by atoms with Crippen LogP contribution in [-0.2, 0) is 6.42 Å². The summed E-state index contributed by atoms with van der Waals surface area (Å²) in [6.45, 7) is 0. The molecule has 1 unspecified atom stereocenters. The largest absolute Gasteiger partial charge is 0.497 e. The zero-order valence-electron chi connectivity index (χ0n) is 10.6. The molecule has 0 saturated heterocycles. The minimum atomic E-state index is -0.426. The number of Topliss-reactive ketones (excluding diaryl/α,β-unsaturated/α-hetero) is 1. The van der Waals surface area contributed by atoms with Gasteiger partial charge in [-0.15, -0.1) is 0 Å². The molecular formula is C16H14O3. The summed E-state index contributed by atoms with van der Waals surface area (Å²) < 4.78 is 10.9. The van der Waals surface area contributed by atoms with Crippen LogP contribution in [0.4, 0.5) is 0 Å². The lowest BCUT2D eigenvalue weighted by Crippen LogP contribution is -2.23. The smallest absolute Gasteiger partial charge is 0.207 e. The van der Waals surface area contributed by atoms with Crippen LogP contribution in [0.2, 0.25) is 0 Å². The summed E-state index contributed by atoms with van der Waals surface area (Å²) in [4.78, 5) is 12.2. The summed E-state index contributed by atoms with van der Waals surface area (Å²) in [5, 5.41) is 0. The fourth-order valence-electron chi connectivity index (χ4n) is 2.27. The summed E-state index contributed by atoms with van der Waals surface area (Å²) in [5.41, 5.74) is 1.74. The van der Waals surface area contributed by atoms with Crippen molar-refractivity contribution >= 4 is 5.78 Å². The number of methoxy groups -OCH3 is 1. The minimum absolute atomic E-state index is 0.0431. The summed E-state index contributed by atoms with van der Waals surface area (Å²) in [5.74, 6) is 1.36. The van der Waals surface area contributed by atoms with Crippen LogP contribution in [0.25, 0.3) is 0 Å². The molecule has 1 aliphatic rings. The second kappa shape index (κ2) is 4.76. The Kier molecular flexibility index (Phi) is 2.95. The van der Waals surface area contributed by atoms with Gasteiger partial charge < -0.3 is 9.47 Å². The molecule has 0 aliphatic carbocycles. The number of fused-ring (bicyclic) bond motifs is 1. The number of ether oxygens (including phenoxy) is 2. The topological polar surface area (TPSA) is 35.5 Å². The Morgan fingerprint density at radius 1 is 1.16 bits per heavy atom. The number of carbonyl (C=O) groups excluding carboxylic acids is 1. The van der Waals surface area contributed by atoms with Crippen LogP contribution in [0.15, 0.2) is 48.5 Å². The van der Waals surface area contributed by atoms with Crippen molar-refractivity contribution < 1.29 is 14.3 Å². The van der Waals surface area contributed by atoms with Gasteiger partial charge in [0, 0.05) is 12.5 Å². The van der Waals surface area contributed by atoms with E-state index in [9.17, 15) is 4.79 Å². The Bertz CT molecular complexity index is 605.